The molecule has 0 aromatic heterocycles. The molecule has 0 aliphatic carbocycles. The summed E-state index contributed by atoms with van der Waals surface area (Å²) in [6.45, 7) is 5.14. The number of benzene rings is 1. The van der Waals surface area contributed by atoms with Crippen LogP contribution in [0.4, 0.5) is 4.79 Å². The Bertz CT molecular complexity index is 941. The fourth-order valence-electron chi connectivity index (χ4n) is 3.23. The van der Waals surface area contributed by atoms with Gasteiger partial charge in [-0.3, -0.25) is 9.69 Å². The van der Waals surface area contributed by atoms with Gasteiger partial charge in [0, 0.05) is 6.54 Å². The molecule has 4 N–H and O–H groups in total. The van der Waals surface area contributed by atoms with Crippen LogP contribution in [0.5, 0.6) is 5.75 Å². The van der Waals surface area contributed by atoms with E-state index < -0.39 is 34.0 Å². The summed E-state index contributed by atoms with van der Waals surface area (Å²) in [5.41, 5.74) is 7.39. The van der Waals surface area contributed by atoms with E-state index in [0.29, 0.717) is 35.3 Å². The molecule has 0 radical (unpaired) electrons. The van der Waals surface area contributed by atoms with Gasteiger partial charge >= 0.3 is 6.09 Å². The second kappa shape index (κ2) is 8.05. The summed E-state index contributed by atoms with van der Waals surface area (Å²) in [5, 5.41) is 10.9. The smallest absolute Gasteiger partial charge is 0.405 e. The highest BCUT2D eigenvalue weighted by atomic mass is 32.2. The number of nitrogens with zero attached hydrogens (tertiary/aromatic N) is 2. The quantitative estimate of drug-likeness (QED) is 0.490. The van der Waals surface area contributed by atoms with Crippen LogP contribution in [-0.2, 0) is 14.8 Å². The zero-order chi connectivity index (χ0) is 21.2. The Morgan fingerprint density at radius 2 is 2.00 bits per heavy atom. The molecule has 1 aromatic carbocycles. The van der Waals surface area contributed by atoms with Gasteiger partial charge in [-0.2, -0.15) is 8.42 Å². The Balaban J connectivity index is 2.42. The minimum atomic E-state index is -4.20. The average Bonchev–Trinajstić information content (AvgIpc) is 2.58. The molecule has 1 fully saturated rings. The molecule has 0 spiro atoms. The zero-order valence-corrected chi connectivity index (χ0v) is 17.0. The highest BCUT2D eigenvalue weighted by molar-refractivity contribution is 7.90. The Kier molecular flexibility index (Phi) is 6.17. The van der Waals surface area contributed by atoms with Crippen LogP contribution in [-0.4, -0.2) is 56.1 Å². The van der Waals surface area contributed by atoms with Crippen molar-refractivity contribution in [3.8, 4) is 5.75 Å². The van der Waals surface area contributed by atoms with Crippen molar-refractivity contribution in [1.82, 2.24) is 10.2 Å². The van der Waals surface area contributed by atoms with Crippen molar-refractivity contribution in [2.75, 3.05) is 13.7 Å². The van der Waals surface area contributed by atoms with E-state index >= 15 is 0 Å². The summed E-state index contributed by atoms with van der Waals surface area (Å²) < 4.78 is 34.7. The van der Waals surface area contributed by atoms with Crippen molar-refractivity contribution in [2.24, 2.45) is 10.1 Å². The van der Waals surface area contributed by atoms with Crippen molar-refractivity contribution in [3.05, 3.63) is 22.8 Å². The van der Waals surface area contributed by atoms with Gasteiger partial charge < -0.3 is 20.9 Å². The molecule has 1 aromatic rings. The van der Waals surface area contributed by atoms with E-state index in [0.717, 1.165) is 4.90 Å². The molecule has 11 heteroatoms. The van der Waals surface area contributed by atoms with Crippen molar-refractivity contribution < 1.29 is 27.9 Å². The first-order valence-corrected chi connectivity index (χ1v) is 9.99. The number of aryl methyl sites for hydroxylation is 1. The number of amides is 2. The van der Waals surface area contributed by atoms with E-state index in [-0.39, 0.29) is 11.4 Å². The van der Waals surface area contributed by atoms with E-state index in [1.165, 1.54) is 7.11 Å². The van der Waals surface area contributed by atoms with E-state index in [1.54, 1.807) is 26.8 Å². The fourth-order valence-corrected chi connectivity index (χ4v) is 4.68. The van der Waals surface area contributed by atoms with Gasteiger partial charge in [0.15, 0.2) is 0 Å². The number of sulfonamides is 1. The van der Waals surface area contributed by atoms with Gasteiger partial charge in [0.1, 0.15) is 11.8 Å². The largest absolute Gasteiger partial charge is 0.496 e. The van der Waals surface area contributed by atoms with Gasteiger partial charge in [-0.05, 0) is 56.4 Å². The molecule has 28 heavy (non-hydrogen) atoms. The molecule has 1 saturated heterocycles. The Hall–Kier alpha value is -2.82. The van der Waals surface area contributed by atoms with Crippen LogP contribution in [0, 0.1) is 20.8 Å². The number of hydrogen-bond donors (Lipinski definition) is 3. The highest BCUT2D eigenvalue weighted by Gasteiger charge is 2.33. The zero-order valence-electron chi connectivity index (χ0n) is 16.1. The van der Waals surface area contributed by atoms with Gasteiger partial charge in [-0.1, -0.05) is 0 Å². The molecule has 1 aliphatic rings. The van der Waals surface area contributed by atoms with Crippen LogP contribution in [0.15, 0.2) is 15.4 Å². The van der Waals surface area contributed by atoms with Crippen molar-refractivity contribution in [1.29, 1.82) is 0 Å². The Morgan fingerprint density at radius 3 is 2.57 bits per heavy atom. The average molecular weight is 412 g/mol. The summed E-state index contributed by atoms with van der Waals surface area (Å²) >= 11 is 0. The third kappa shape index (κ3) is 4.19. The molecular formula is C17H24N4O6S. The number of piperidine rings is 1. The second-order valence-electron chi connectivity index (χ2n) is 6.53. The molecule has 0 saturated carbocycles. The Labute approximate surface area is 163 Å². The topological polar surface area (TPSA) is 151 Å². The molecule has 2 amide bonds. The molecule has 1 unspecified atom stereocenters. The lowest BCUT2D eigenvalue weighted by Gasteiger charge is -2.31. The number of rotatable bonds is 4. The highest BCUT2D eigenvalue weighted by Crippen LogP contribution is 2.31. The molecule has 154 valence electrons. The summed E-state index contributed by atoms with van der Waals surface area (Å²) in [6, 6.07) is 0.606. The van der Waals surface area contributed by atoms with Crippen molar-refractivity contribution in [3.63, 3.8) is 0 Å². The minimum Gasteiger partial charge on any atom is -0.496 e. The lowest BCUT2D eigenvalue weighted by Crippen LogP contribution is -2.55. The number of guanidine groups is 1. The van der Waals surface area contributed by atoms with Gasteiger partial charge in [0.05, 0.1) is 12.0 Å². The number of methoxy groups -OCH3 is 1. The SMILES string of the molecule is COc1cc(C)c(S(=O)(=O)/N=C(/N)N2CCCC(NC(=O)O)C2=O)c(C)c1C. The van der Waals surface area contributed by atoms with Crippen LogP contribution < -0.4 is 15.8 Å². The van der Waals surface area contributed by atoms with Crippen LogP contribution in [0.1, 0.15) is 29.5 Å². The number of nitrogens with two attached hydrogens (primary N) is 1. The van der Waals surface area contributed by atoms with E-state index in [1.807, 2.05) is 0 Å². The molecule has 1 aliphatic heterocycles. The Morgan fingerprint density at radius 1 is 1.36 bits per heavy atom. The normalized spacial score (nSPS) is 18.1. The number of carbonyl (C=O) groups is 2. The first kappa shape index (κ1) is 21.5. The molecule has 2 rings (SSSR count). The number of likely N-dealkylation sites (tertiary alicyclic amines) is 1. The van der Waals surface area contributed by atoms with Crippen LogP contribution in [0.25, 0.3) is 0 Å². The molecule has 1 heterocycles. The second-order valence-corrected chi connectivity index (χ2v) is 8.07. The molecule has 10 nitrogen and oxygen atoms in total. The van der Waals surface area contributed by atoms with E-state index in [9.17, 15) is 18.0 Å². The summed E-state index contributed by atoms with van der Waals surface area (Å²) in [7, 11) is -2.71. The fraction of sp³-hybridized carbons (Fsp3) is 0.471. The van der Waals surface area contributed by atoms with E-state index in [2.05, 4.69) is 9.71 Å². The number of hydrogen-bond acceptors (Lipinski definition) is 5. The summed E-state index contributed by atoms with van der Waals surface area (Å²) in [6.07, 6.45) is -0.590. The molecular weight excluding hydrogens is 388 g/mol. The number of carboxylic acid groups (broad SMARTS) is 1. The maximum absolute atomic E-state index is 12.9. The predicted molar refractivity (Wildman–Crippen MR) is 102 cm³/mol. The van der Waals surface area contributed by atoms with Crippen LogP contribution >= 0.6 is 0 Å². The number of carbonyl (C=O) groups excluding carboxylic acids is 1. The third-order valence-electron chi connectivity index (χ3n) is 4.68. The first-order chi connectivity index (χ1) is 13.0. The first-order valence-electron chi connectivity index (χ1n) is 8.55. The predicted octanol–water partition coefficient (Wildman–Crippen LogP) is 0.882. The number of ether oxygens (including phenoxy) is 1. The van der Waals surface area contributed by atoms with E-state index in [4.69, 9.17) is 15.6 Å². The standard InChI is InChI=1S/C17H24N4O6S/c1-9-8-13(27-4)10(2)11(3)14(9)28(25,26)20-16(18)21-7-5-6-12(15(21)22)19-17(23)24/h8,12,19H,5-7H2,1-4H3,(H2,18,20)(H,23,24). The summed E-state index contributed by atoms with van der Waals surface area (Å²) in [5.74, 6) is -0.571. The van der Waals surface area contributed by atoms with Crippen molar-refractivity contribution in [2.45, 2.75) is 44.6 Å². The van der Waals surface area contributed by atoms with Crippen LogP contribution in [0.3, 0.4) is 0 Å². The van der Waals surface area contributed by atoms with Gasteiger partial charge in [-0.15, -0.1) is 4.40 Å². The maximum atomic E-state index is 12.9. The van der Waals surface area contributed by atoms with Crippen molar-refractivity contribution >= 4 is 28.0 Å². The summed E-state index contributed by atoms with van der Waals surface area (Å²) in [4.78, 5) is 24.2. The van der Waals surface area contributed by atoms with Gasteiger partial charge in [-0.25, -0.2) is 4.79 Å². The molecule has 1 atom stereocenters. The monoisotopic (exact) mass is 412 g/mol. The lowest BCUT2D eigenvalue weighted by molar-refractivity contribution is -0.131. The third-order valence-corrected chi connectivity index (χ3v) is 6.25. The van der Waals surface area contributed by atoms with Gasteiger partial charge in [0.2, 0.25) is 5.96 Å². The number of nitrogens with one attached hydrogen (secondary N) is 1. The van der Waals surface area contributed by atoms with Gasteiger partial charge in [0.25, 0.3) is 15.9 Å². The maximum Gasteiger partial charge on any atom is 0.405 e. The lowest BCUT2D eigenvalue weighted by atomic mass is 10.1. The minimum absolute atomic E-state index is 0.00146. The van der Waals surface area contributed by atoms with Crippen LogP contribution in [0.2, 0.25) is 0 Å². The molecule has 0 bridgehead atoms.